The average Bonchev–Trinajstić information content (AvgIpc) is 3.42. The summed E-state index contributed by atoms with van der Waals surface area (Å²) in [5.41, 5.74) is 0. The van der Waals surface area contributed by atoms with E-state index < -0.39 is 32.5 Å². The summed E-state index contributed by atoms with van der Waals surface area (Å²) in [5.74, 6) is -0.838. The smallest absolute Gasteiger partial charge is 0.306 e. The van der Waals surface area contributed by atoms with Gasteiger partial charge in [-0.1, -0.05) is 286 Å². The molecular formula is C70H128NO8P. The molecule has 0 aromatic heterocycles. The zero-order chi connectivity index (χ0) is 58.4. The first-order valence-corrected chi connectivity index (χ1v) is 35.1. The monoisotopic (exact) mass is 1140 g/mol. The second-order valence-electron chi connectivity index (χ2n) is 23.8. The lowest BCUT2D eigenvalue weighted by molar-refractivity contribution is -0.870. The van der Waals surface area contributed by atoms with Gasteiger partial charge in [0.05, 0.1) is 27.7 Å². The standard InChI is InChI=1S/C70H128NO8P/c1-6-8-10-12-14-16-18-20-22-23-24-25-26-27-28-29-30-31-32-33-34-35-36-37-38-39-40-41-42-43-44-45-46-47-49-51-53-55-57-59-61-63-70(73)79-68(67-78-80(74,75)77-65-64-71(3,4)5)66-76-69(72)62-60-58-56-54-52-50-48-21-19-17-15-13-11-9-7-2/h8,10,14-17,20-22,24-25,48,68H,6-7,9,11-13,18-19,23,26-47,49-67H2,1-5H3/b10-8-,16-14-,17-15-,22-20-,25-24-,48-21-. The fourth-order valence-electron chi connectivity index (χ4n) is 9.56. The number of phosphoric ester groups is 1. The van der Waals surface area contributed by atoms with Gasteiger partial charge in [0.15, 0.2) is 6.10 Å². The van der Waals surface area contributed by atoms with Crippen molar-refractivity contribution in [2.45, 2.75) is 315 Å². The molecule has 0 heterocycles. The summed E-state index contributed by atoms with van der Waals surface area (Å²) < 4.78 is 34.2. The number of allylic oxidation sites excluding steroid dienone is 12. The third-order valence-electron chi connectivity index (χ3n) is 14.7. The number of esters is 2. The summed E-state index contributed by atoms with van der Waals surface area (Å²) in [4.78, 5) is 37.9. The highest BCUT2D eigenvalue weighted by Crippen LogP contribution is 2.38. The average molecular weight is 1140 g/mol. The lowest BCUT2D eigenvalue weighted by Gasteiger charge is -2.28. The van der Waals surface area contributed by atoms with E-state index in [1.165, 1.54) is 193 Å². The number of nitrogens with zero attached hydrogens (tertiary/aromatic N) is 1. The molecule has 0 amide bonds. The van der Waals surface area contributed by atoms with E-state index in [0.717, 1.165) is 77.0 Å². The molecule has 0 aliphatic rings. The van der Waals surface area contributed by atoms with Gasteiger partial charge in [-0.05, 0) is 83.5 Å². The molecule has 0 aromatic carbocycles. The van der Waals surface area contributed by atoms with Crippen LogP contribution in [0.25, 0.3) is 0 Å². The number of quaternary nitrogens is 1. The van der Waals surface area contributed by atoms with Gasteiger partial charge in [0.1, 0.15) is 19.8 Å². The number of unbranched alkanes of at least 4 members (excludes halogenated alkanes) is 36. The molecule has 9 nitrogen and oxygen atoms in total. The molecular weight excluding hydrogens is 1010 g/mol. The maximum absolute atomic E-state index is 12.8. The highest BCUT2D eigenvalue weighted by atomic mass is 31.2. The first kappa shape index (κ1) is 77.5. The fourth-order valence-corrected chi connectivity index (χ4v) is 10.3. The minimum Gasteiger partial charge on any atom is -0.756 e. The predicted octanol–water partition coefficient (Wildman–Crippen LogP) is 21.0. The lowest BCUT2D eigenvalue weighted by atomic mass is 10.0. The molecule has 0 aliphatic carbocycles. The molecule has 0 rings (SSSR count). The van der Waals surface area contributed by atoms with Crippen molar-refractivity contribution in [3.05, 3.63) is 72.9 Å². The van der Waals surface area contributed by atoms with E-state index in [1.807, 2.05) is 21.1 Å². The number of ether oxygens (including phenoxy) is 2. The van der Waals surface area contributed by atoms with Crippen molar-refractivity contribution >= 4 is 19.8 Å². The van der Waals surface area contributed by atoms with Crippen molar-refractivity contribution in [2.24, 2.45) is 0 Å². The molecule has 0 aromatic rings. The van der Waals surface area contributed by atoms with Gasteiger partial charge in [-0.15, -0.1) is 0 Å². The van der Waals surface area contributed by atoms with Crippen molar-refractivity contribution in [1.82, 2.24) is 0 Å². The van der Waals surface area contributed by atoms with Gasteiger partial charge in [0.25, 0.3) is 7.82 Å². The Bertz CT molecular complexity index is 1580. The summed E-state index contributed by atoms with van der Waals surface area (Å²) in [7, 11) is 1.17. The van der Waals surface area contributed by atoms with Crippen LogP contribution in [0.15, 0.2) is 72.9 Å². The topological polar surface area (TPSA) is 111 Å². The largest absolute Gasteiger partial charge is 0.756 e. The van der Waals surface area contributed by atoms with Crippen LogP contribution in [0.3, 0.4) is 0 Å². The van der Waals surface area contributed by atoms with Crippen LogP contribution in [0.1, 0.15) is 309 Å². The van der Waals surface area contributed by atoms with Crippen molar-refractivity contribution in [3.63, 3.8) is 0 Å². The van der Waals surface area contributed by atoms with E-state index in [2.05, 4.69) is 86.8 Å². The highest BCUT2D eigenvalue weighted by Gasteiger charge is 2.22. The minimum atomic E-state index is -4.64. The maximum Gasteiger partial charge on any atom is 0.306 e. The Labute approximate surface area is 495 Å². The van der Waals surface area contributed by atoms with E-state index in [-0.39, 0.29) is 26.1 Å². The van der Waals surface area contributed by atoms with Crippen molar-refractivity contribution < 1.29 is 42.1 Å². The van der Waals surface area contributed by atoms with Crippen LogP contribution < -0.4 is 4.89 Å². The summed E-state index contributed by atoms with van der Waals surface area (Å²) in [6.07, 6.45) is 81.5. The van der Waals surface area contributed by atoms with E-state index in [4.69, 9.17) is 18.5 Å². The van der Waals surface area contributed by atoms with Gasteiger partial charge in [-0.25, -0.2) is 0 Å². The van der Waals surface area contributed by atoms with Gasteiger partial charge in [-0.3, -0.25) is 14.2 Å². The summed E-state index contributed by atoms with van der Waals surface area (Å²) in [6, 6.07) is 0. The van der Waals surface area contributed by atoms with Crippen LogP contribution in [-0.4, -0.2) is 70.0 Å². The molecule has 2 atom stereocenters. The third kappa shape index (κ3) is 64.6. The number of carbonyl (C=O) groups excluding carboxylic acids is 2. The van der Waals surface area contributed by atoms with Gasteiger partial charge >= 0.3 is 11.9 Å². The minimum absolute atomic E-state index is 0.0328. The predicted molar refractivity (Wildman–Crippen MR) is 342 cm³/mol. The Morgan fingerprint density at radius 1 is 0.400 bits per heavy atom. The van der Waals surface area contributed by atoms with E-state index >= 15 is 0 Å². The molecule has 0 bridgehead atoms. The lowest BCUT2D eigenvalue weighted by Crippen LogP contribution is -2.37. The van der Waals surface area contributed by atoms with Crippen LogP contribution >= 0.6 is 7.82 Å². The molecule has 10 heteroatoms. The summed E-state index contributed by atoms with van der Waals surface area (Å²) in [6.45, 7) is 4.11. The molecule has 466 valence electrons. The van der Waals surface area contributed by atoms with Gasteiger partial charge in [0.2, 0.25) is 0 Å². The zero-order valence-corrected chi connectivity index (χ0v) is 53.9. The Hall–Kier alpha value is -2.55. The van der Waals surface area contributed by atoms with Gasteiger partial charge in [0, 0.05) is 12.8 Å². The Kier molecular flexibility index (Phi) is 59.1. The highest BCUT2D eigenvalue weighted by molar-refractivity contribution is 7.45. The normalized spacial score (nSPS) is 13.6. The molecule has 0 saturated heterocycles. The first-order valence-electron chi connectivity index (χ1n) is 33.6. The number of hydrogen-bond donors (Lipinski definition) is 0. The van der Waals surface area contributed by atoms with E-state index in [9.17, 15) is 19.0 Å². The number of rotatable bonds is 62. The van der Waals surface area contributed by atoms with Crippen molar-refractivity contribution in [1.29, 1.82) is 0 Å². The van der Waals surface area contributed by atoms with Crippen molar-refractivity contribution in [2.75, 3.05) is 47.5 Å². The number of phosphoric acid groups is 1. The number of hydrogen-bond acceptors (Lipinski definition) is 8. The van der Waals surface area contributed by atoms with E-state index in [0.29, 0.717) is 23.9 Å². The van der Waals surface area contributed by atoms with Crippen LogP contribution in [0, 0.1) is 0 Å². The molecule has 0 spiro atoms. The fraction of sp³-hybridized carbons (Fsp3) is 0.800. The molecule has 0 aliphatic heterocycles. The maximum atomic E-state index is 12.8. The van der Waals surface area contributed by atoms with Gasteiger partial charge < -0.3 is 27.9 Å². The molecule has 80 heavy (non-hydrogen) atoms. The second kappa shape index (κ2) is 61.0. The van der Waals surface area contributed by atoms with Crippen LogP contribution in [0.2, 0.25) is 0 Å². The second-order valence-corrected chi connectivity index (χ2v) is 25.2. The first-order chi connectivity index (χ1) is 39.0. The van der Waals surface area contributed by atoms with Crippen LogP contribution in [0.4, 0.5) is 0 Å². The quantitative estimate of drug-likeness (QED) is 0.0195. The molecule has 0 fully saturated rings. The summed E-state index contributed by atoms with van der Waals surface area (Å²) >= 11 is 0. The SMILES string of the molecule is CC/C=C\C/C=C\C/C=C\C/C=C\CCCCCCCCCCCCCCCCCCCCCCCCCCCCCCC(=O)OC(COC(=O)CCCCCCC/C=C\C/C=C\CCCCC)COP(=O)([O-])OCC[N+](C)(C)C. The van der Waals surface area contributed by atoms with Crippen LogP contribution in [0.5, 0.6) is 0 Å². The van der Waals surface area contributed by atoms with Crippen molar-refractivity contribution in [3.8, 4) is 0 Å². The molecule has 2 unspecified atom stereocenters. The molecule has 0 N–H and O–H groups in total. The number of likely N-dealkylation sites (N-methyl/N-ethyl adjacent to an activating group) is 1. The van der Waals surface area contributed by atoms with Gasteiger partial charge in [-0.2, -0.15) is 0 Å². The zero-order valence-electron chi connectivity index (χ0n) is 53.0. The van der Waals surface area contributed by atoms with E-state index in [1.54, 1.807) is 0 Å². The molecule has 0 saturated carbocycles. The Balaban J connectivity index is 3.87. The summed E-state index contributed by atoms with van der Waals surface area (Å²) in [5, 5.41) is 0. The van der Waals surface area contributed by atoms with Crippen LogP contribution in [-0.2, 0) is 32.7 Å². The molecule has 0 radical (unpaired) electrons. The third-order valence-corrected chi connectivity index (χ3v) is 15.7. The Morgan fingerprint density at radius 3 is 1.06 bits per heavy atom. The Morgan fingerprint density at radius 2 is 0.713 bits per heavy atom. The number of carbonyl (C=O) groups is 2.